The highest BCUT2D eigenvalue weighted by Crippen LogP contribution is 2.21. The molecule has 1 aliphatic heterocycles. The van der Waals surface area contributed by atoms with Gasteiger partial charge in [0.05, 0.1) is 5.69 Å². The Morgan fingerprint density at radius 2 is 1.81 bits per heavy atom. The molecule has 1 N–H and O–H groups in total. The highest BCUT2D eigenvalue weighted by Gasteiger charge is 2.22. The lowest BCUT2D eigenvalue weighted by molar-refractivity contribution is -0.119. The molecule has 0 atom stereocenters. The summed E-state index contributed by atoms with van der Waals surface area (Å²) in [7, 11) is 0. The molecule has 3 rings (SSSR count). The molecule has 7 nitrogen and oxygen atoms in total. The number of carbonyl (C=O) groups excluding carboxylic acids is 2. The first-order valence-electron chi connectivity index (χ1n) is 8.68. The largest absolute Gasteiger partial charge is 0.346 e. The second kappa shape index (κ2) is 7.51. The van der Waals surface area contributed by atoms with Gasteiger partial charge in [-0.15, -0.1) is 0 Å². The molecule has 1 fully saturated rings. The smallest absolute Gasteiger partial charge is 0.342 e. The first-order chi connectivity index (χ1) is 12.5. The van der Waals surface area contributed by atoms with Gasteiger partial charge in [0, 0.05) is 31.7 Å². The molecule has 0 unspecified atom stereocenters. The molecule has 2 aromatic rings. The van der Waals surface area contributed by atoms with E-state index in [1.807, 2.05) is 24.3 Å². The number of rotatable bonds is 4. The highest BCUT2D eigenvalue weighted by molar-refractivity contribution is 5.93. The number of piperazine rings is 1. The summed E-state index contributed by atoms with van der Waals surface area (Å²) < 4.78 is 0. The van der Waals surface area contributed by atoms with Crippen molar-refractivity contribution in [1.82, 2.24) is 19.8 Å². The molecule has 0 bridgehead atoms. The van der Waals surface area contributed by atoms with Crippen LogP contribution in [0, 0.1) is 0 Å². The van der Waals surface area contributed by atoms with Gasteiger partial charge in [-0.1, -0.05) is 38.1 Å². The van der Waals surface area contributed by atoms with Crippen LogP contribution in [-0.2, 0) is 4.79 Å². The monoisotopic (exact) mass is 354 g/mol. The van der Waals surface area contributed by atoms with Crippen LogP contribution in [0.1, 0.15) is 35.8 Å². The summed E-state index contributed by atoms with van der Waals surface area (Å²) in [5, 5.41) is 0. The van der Waals surface area contributed by atoms with Crippen molar-refractivity contribution in [2.24, 2.45) is 0 Å². The van der Waals surface area contributed by atoms with E-state index in [-0.39, 0.29) is 11.6 Å². The Morgan fingerprint density at radius 1 is 1.15 bits per heavy atom. The van der Waals surface area contributed by atoms with Crippen molar-refractivity contribution < 1.29 is 9.59 Å². The van der Waals surface area contributed by atoms with Crippen molar-refractivity contribution in [3.05, 3.63) is 52.1 Å². The van der Waals surface area contributed by atoms with Gasteiger partial charge in [-0.3, -0.25) is 9.59 Å². The number of carbonyl (C=O) groups is 2. The van der Waals surface area contributed by atoms with Gasteiger partial charge in [0.15, 0.2) is 0 Å². The Bertz CT molecular complexity index is 850. The molecule has 2 amide bonds. The van der Waals surface area contributed by atoms with E-state index in [1.54, 1.807) is 15.9 Å². The van der Waals surface area contributed by atoms with Gasteiger partial charge in [0.2, 0.25) is 6.41 Å². The van der Waals surface area contributed by atoms with Gasteiger partial charge in [-0.25, -0.2) is 4.79 Å². The molecule has 0 radical (unpaired) electrons. The average Bonchev–Trinajstić information content (AvgIpc) is 2.67. The molecule has 1 saturated heterocycles. The molecule has 0 spiro atoms. The van der Waals surface area contributed by atoms with Gasteiger partial charge >= 0.3 is 5.69 Å². The third-order valence-corrected chi connectivity index (χ3v) is 4.60. The van der Waals surface area contributed by atoms with E-state index in [0.29, 0.717) is 37.8 Å². The van der Waals surface area contributed by atoms with Crippen LogP contribution in [0.15, 0.2) is 35.1 Å². The molecule has 2 heterocycles. The summed E-state index contributed by atoms with van der Waals surface area (Å²) in [6.07, 6.45) is 0.787. The van der Waals surface area contributed by atoms with Crippen molar-refractivity contribution in [3.8, 4) is 11.3 Å². The highest BCUT2D eigenvalue weighted by atomic mass is 16.2. The zero-order valence-corrected chi connectivity index (χ0v) is 14.9. The minimum absolute atomic E-state index is 0.215. The predicted octanol–water partition coefficient (Wildman–Crippen LogP) is 1.47. The lowest BCUT2D eigenvalue weighted by atomic mass is 10.0. The van der Waals surface area contributed by atoms with Crippen molar-refractivity contribution in [2.45, 2.75) is 19.8 Å². The lowest BCUT2D eigenvalue weighted by Crippen LogP contribution is -2.48. The molecule has 0 saturated carbocycles. The fraction of sp³-hybridized carbons (Fsp3) is 0.368. The Morgan fingerprint density at radius 3 is 2.38 bits per heavy atom. The van der Waals surface area contributed by atoms with E-state index in [9.17, 15) is 14.4 Å². The summed E-state index contributed by atoms with van der Waals surface area (Å²) in [5.41, 5.74) is 2.12. The van der Waals surface area contributed by atoms with Gasteiger partial charge in [-0.2, -0.15) is 4.98 Å². The second-order valence-electron chi connectivity index (χ2n) is 6.70. The number of benzene rings is 1. The Hall–Kier alpha value is -2.96. The normalized spacial score (nSPS) is 14.6. The number of nitrogens with one attached hydrogen (secondary N) is 1. The quantitative estimate of drug-likeness (QED) is 0.843. The number of aromatic amines is 1. The summed E-state index contributed by atoms with van der Waals surface area (Å²) in [4.78, 5) is 45.2. The van der Waals surface area contributed by atoms with Crippen molar-refractivity contribution >= 4 is 12.3 Å². The molecule has 7 heteroatoms. The molecule has 26 heavy (non-hydrogen) atoms. The Balaban J connectivity index is 1.84. The maximum Gasteiger partial charge on any atom is 0.346 e. The van der Waals surface area contributed by atoms with Crippen LogP contribution >= 0.6 is 0 Å². The van der Waals surface area contributed by atoms with Crippen LogP contribution in [-0.4, -0.2) is 58.3 Å². The number of aromatic nitrogens is 2. The second-order valence-corrected chi connectivity index (χ2v) is 6.70. The first-order valence-corrected chi connectivity index (χ1v) is 8.68. The summed E-state index contributed by atoms with van der Waals surface area (Å²) >= 11 is 0. The lowest BCUT2D eigenvalue weighted by Gasteiger charge is -2.32. The van der Waals surface area contributed by atoms with E-state index < -0.39 is 5.69 Å². The molecular weight excluding hydrogens is 332 g/mol. The standard InChI is InChI=1S/C19H22N4O3/c1-13(2)14-3-5-15(6-4-14)16-11-17(21-19(26)20-16)18(25)23-9-7-22(12-24)8-10-23/h3-6,11-13H,7-10H2,1-2H3,(H,20,21,26). The molecule has 136 valence electrons. The van der Waals surface area contributed by atoms with Crippen molar-refractivity contribution in [3.63, 3.8) is 0 Å². The summed E-state index contributed by atoms with van der Waals surface area (Å²) in [6.45, 7) is 6.10. The van der Waals surface area contributed by atoms with E-state index in [1.165, 1.54) is 5.56 Å². The molecular formula is C19H22N4O3. The number of nitrogens with zero attached hydrogens (tertiary/aromatic N) is 3. The zero-order chi connectivity index (χ0) is 18.7. The summed E-state index contributed by atoms with van der Waals surface area (Å²) in [6, 6.07) is 9.44. The topological polar surface area (TPSA) is 86.4 Å². The zero-order valence-electron chi connectivity index (χ0n) is 14.9. The third kappa shape index (κ3) is 3.82. The molecule has 0 aliphatic carbocycles. The predicted molar refractivity (Wildman–Crippen MR) is 97.9 cm³/mol. The number of amides is 2. The van der Waals surface area contributed by atoms with Gasteiger partial charge in [-0.05, 0) is 17.5 Å². The molecule has 1 aliphatic rings. The number of H-pyrrole nitrogens is 1. The van der Waals surface area contributed by atoms with Crippen LogP contribution in [0.2, 0.25) is 0 Å². The number of hydrogen-bond acceptors (Lipinski definition) is 4. The third-order valence-electron chi connectivity index (χ3n) is 4.60. The van der Waals surface area contributed by atoms with Crippen LogP contribution in [0.3, 0.4) is 0 Å². The van der Waals surface area contributed by atoms with E-state index in [2.05, 4.69) is 23.8 Å². The maximum atomic E-state index is 12.7. The van der Waals surface area contributed by atoms with E-state index in [4.69, 9.17) is 0 Å². The van der Waals surface area contributed by atoms with Gasteiger partial charge < -0.3 is 14.8 Å². The number of hydrogen-bond donors (Lipinski definition) is 1. The minimum atomic E-state index is -0.551. The SMILES string of the molecule is CC(C)c1ccc(-c2cc(C(=O)N3CCN(C=O)CC3)[nH]c(=O)n2)cc1. The van der Waals surface area contributed by atoms with Gasteiger partial charge in [0.1, 0.15) is 5.69 Å². The molecule has 1 aromatic heterocycles. The maximum absolute atomic E-state index is 12.7. The summed E-state index contributed by atoms with van der Waals surface area (Å²) in [5.74, 6) is 0.161. The van der Waals surface area contributed by atoms with Crippen molar-refractivity contribution in [1.29, 1.82) is 0 Å². The fourth-order valence-electron chi connectivity index (χ4n) is 2.96. The van der Waals surface area contributed by atoms with E-state index >= 15 is 0 Å². The van der Waals surface area contributed by atoms with Crippen molar-refractivity contribution in [2.75, 3.05) is 26.2 Å². The molecule has 1 aromatic carbocycles. The average molecular weight is 354 g/mol. The fourth-order valence-corrected chi connectivity index (χ4v) is 2.96. The first kappa shape index (κ1) is 17.8. The Kier molecular flexibility index (Phi) is 5.16. The Labute approximate surface area is 151 Å². The van der Waals surface area contributed by atoms with Crippen LogP contribution < -0.4 is 5.69 Å². The van der Waals surface area contributed by atoms with Crippen LogP contribution in [0.25, 0.3) is 11.3 Å². The van der Waals surface area contributed by atoms with E-state index in [0.717, 1.165) is 12.0 Å². The van der Waals surface area contributed by atoms with Crippen LogP contribution in [0.4, 0.5) is 0 Å². The van der Waals surface area contributed by atoms with Crippen LogP contribution in [0.5, 0.6) is 0 Å². The minimum Gasteiger partial charge on any atom is -0.342 e. The van der Waals surface area contributed by atoms with Gasteiger partial charge in [0.25, 0.3) is 5.91 Å².